The fraction of sp³-hybridized carbons (Fsp3) is 0.900. The zero-order valence-electron chi connectivity index (χ0n) is 8.83. The molecule has 2 atom stereocenters. The Hall–Kier alpha value is -0.280. The highest BCUT2D eigenvalue weighted by atomic mass is 35.5. The number of methoxy groups -OCH3 is 1. The normalized spacial score (nSPS) is 23.9. The molecule has 0 N–H and O–H groups in total. The van der Waals surface area contributed by atoms with Crippen molar-refractivity contribution in [1.29, 1.82) is 0 Å². The third-order valence-corrected chi connectivity index (χ3v) is 3.14. The van der Waals surface area contributed by atoms with E-state index in [-0.39, 0.29) is 17.3 Å². The zero-order valence-corrected chi connectivity index (χ0v) is 9.59. The molecule has 0 aromatic heterocycles. The highest BCUT2D eigenvalue weighted by Crippen LogP contribution is 2.20. The van der Waals surface area contributed by atoms with E-state index in [1.807, 2.05) is 11.8 Å². The molecule has 14 heavy (non-hydrogen) atoms. The Morgan fingerprint density at radius 1 is 1.71 bits per heavy atom. The largest absolute Gasteiger partial charge is 0.383 e. The summed E-state index contributed by atoms with van der Waals surface area (Å²) in [6, 6.07) is 0.236. The highest BCUT2D eigenvalue weighted by molar-refractivity contribution is 6.30. The zero-order chi connectivity index (χ0) is 10.6. The maximum atomic E-state index is 11.8. The van der Waals surface area contributed by atoms with Crippen LogP contribution in [0.25, 0.3) is 0 Å². The minimum absolute atomic E-state index is 0.0636. The van der Waals surface area contributed by atoms with Crippen LogP contribution in [0.15, 0.2) is 0 Å². The number of halogens is 1. The van der Waals surface area contributed by atoms with Gasteiger partial charge in [0.05, 0.1) is 12.6 Å². The van der Waals surface area contributed by atoms with Crippen molar-refractivity contribution < 1.29 is 9.53 Å². The van der Waals surface area contributed by atoms with Gasteiger partial charge >= 0.3 is 0 Å². The quantitative estimate of drug-likeness (QED) is 0.673. The summed E-state index contributed by atoms with van der Waals surface area (Å²) in [7, 11) is 1.67. The van der Waals surface area contributed by atoms with Crippen LogP contribution in [0.2, 0.25) is 0 Å². The van der Waals surface area contributed by atoms with Crippen molar-refractivity contribution in [2.24, 2.45) is 0 Å². The molecule has 3 nitrogen and oxygen atoms in total. The molecule has 0 spiro atoms. The van der Waals surface area contributed by atoms with E-state index in [1.165, 1.54) is 0 Å². The summed E-state index contributed by atoms with van der Waals surface area (Å²) in [6.07, 6.45) is 2.79. The van der Waals surface area contributed by atoms with E-state index in [1.54, 1.807) is 7.11 Å². The predicted molar refractivity (Wildman–Crippen MR) is 56.5 cm³/mol. The molecule has 0 radical (unpaired) electrons. The van der Waals surface area contributed by atoms with E-state index in [4.69, 9.17) is 16.3 Å². The minimum Gasteiger partial charge on any atom is -0.383 e. The molecule has 1 amide bonds. The maximum absolute atomic E-state index is 11.8. The number of carbonyl (C=O) groups excluding carboxylic acids is 1. The van der Waals surface area contributed by atoms with E-state index in [0.29, 0.717) is 13.0 Å². The van der Waals surface area contributed by atoms with Crippen LogP contribution in [0, 0.1) is 0 Å². The molecule has 1 saturated heterocycles. The number of ether oxygens (including phenoxy) is 1. The van der Waals surface area contributed by atoms with Gasteiger partial charge in [-0.15, -0.1) is 11.6 Å². The Bertz CT molecular complexity index is 199. The third-order valence-electron chi connectivity index (χ3n) is 2.65. The Morgan fingerprint density at radius 2 is 2.43 bits per heavy atom. The number of carbonyl (C=O) groups is 1. The van der Waals surface area contributed by atoms with Crippen LogP contribution in [-0.4, -0.2) is 42.5 Å². The van der Waals surface area contributed by atoms with Gasteiger partial charge in [-0.3, -0.25) is 4.79 Å². The van der Waals surface area contributed by atoms with E-state index in [9.17, 15) is 4.79 Å². The molecule has 1 aliphatic heterocycles. The average molecular weight is 220 g/mol. The Labute approximate surface area is 90.4 Å². The van der Waals surface area contributed by atoms with Crippen molar-refractivity contribution in [2.75, 3.05) is 20.3 Å². The third kappa shape index (κ3) is 2.61. The van der Waals surface area contributed by atoms with E-state index in [2.05, 4.69) is 0 Å². The number of rotatable bonds is 4. The first-order chi connectivity index (χ1) is 6.70. The maximum Gasteiger partial charge on any atom is 0.240 e. The highest BCUT2D eigenvalue weighted by Gasteiger charge is 2.31. The summed E-state index contributed by atoms with van der Waals surface area (Å²) in [5.74, 6) is 0.0636. The van der Waals surface area contributed by atoms with Crippen molar-refractivity contribution in [1.82, 2.24) is 4.90 Å². The first-order valence-corrected chi connectivity index (χ1v) is 5.57. The molecule has 0 aromatic carbocycles. The van der Waals surface area contributed by atoms with Gasteiger partial charge in [0.15, 0.2) is 0 Å². The smallest absolute Gasteiger partial charge is 0.240 e. The van der Waals surface area contributed by atoms with Crippen LogP contribution in [0.4, 0.5) is 0 Å². The van der Waals surface area contributed by atoms with Gasteiger partial charge in [-0.2, -0.15) is 0 Å². The minimum atomic E-state index is -0.368. The standard InChI is InChI=1S/C10H18ClNO2/c1-3-9(11)10(13)12-6-4-5-8(12)7-14-2/h8-9H,3-7H2,1-2H3/t8-,9-/m0/s1. The Balaban J connectivity index is 2.53. The molecule has 82 valence electrons. The number of hydrogen-bond donors (Lipinski definition) is 0. The average Bonchev–Trinajstić information content (AvgIpc) is 2.64. The second-order valence-corrected chi connectivity index (χ2v) is 4.19. The van der Waals surface area contributed by atoms with Gasteiger partial charge in [0.2, 0.25) is 5.91 Å². The monoisotopic (exact) mass is 219 g/mol. The fourth-order valence-electron chi connectivity index (χ4n) is 1.85. The first-order valence-electron chi connectivity index (χ1n) is 5.14. The molecule has 0 unspecified atom stereocenters. The van der Waals surface area contributed by atoms with Crippen LogP contribution in [0.3, 0.4) is 0 Å². The predicted octanol–water partition coefficient (Wildman–Crippen LogP) is 1.64. The van der Waals surface area contributed by atoms with Gasteiger partial charge in [-0.25, -0.2) is 0 Å². The molecule has 0 bridgehead atoms. The van der Waals surface area contributed by atoms with Crippen LogP contribution in [-0.2, 0) is 9.53 Å². The molecule has 0 aliphatic carbocycles. The molecule has 4 heteroatoms. The molecular formula is C10H18ClNO2. The summed E-state index contributed by atoms with van der Waals surface area (Å²) in [4.78, 5) is 13.7. The van der Waals surface area contributed by atoms with Gasteiger partial charge in [-0.05, 0) is 19.3 Å². The fourth-order valence-corrected chi connectivity index (χ4v) is 1.97. The van der Waals surface area contributed by atoms with Crippen molar-refractivity contribution >= 4 is 17.5 Å². The first kappa shape index (κ1) is 11.8. The van der Waals surface area contributed by atoms with Crippen molar-refractivity contribution in [3.05, 3.63) is 0 Å². The van der Waals surface area contributed by atoms with Crippen molar-refractivity contribution in [3.8, 4) is 0 Å². The van der Waals surface area contributed by atoms with Gasteiger partial charge < -0.3 is 9.64 Å². The molecule has 1 heterocycles. The lowest BCUT2D eigenvalue weighted by Crippen LogP contribution is -2.42. The van der Waals surface area contributed by atoms with Gasteiger partial charge in [0.25, 0.3) is 0 Å². The Morgan fingerprint density at radius 3 is 3.00 bits per heavy atom. The van der Waals surface area contributed by atoms with Gasteiger partial charge in [0, 0.05) is 13.7 Å². The van der Waals surface area contributed by atoms with Crippen LogP contribution in [0.1, 0.15) is 26.2 Å². The summed E-state index contributed by atoms with van der Waals surface area (Å²) in [5, 5.41) is -0.368. The van der Waals surface area contributed by atoms with Gasteiger partial charge in [0.1, 0.15) is 5.38 Å². The topological polar surface area (TPSA) is 29.5 Å². The van der Waals surface area contributed by atoms with E-state index in [0.717, 1.165) is 19.4 Å². The summed E-state index contributed by atoms with van der Waals surface area (Å²) < 4.78 is 5.08. The van der Waals surface area contributed by atoms with Crippen LogP contribution < -0.4 is 0 Å². The molecule has 1 fully saturated rings. The SMILES string of the molecule is CC[C@H](Cl)C(=O)N1CCC[C@H]1COC. The lowest BCUT2D eigenvalue weighted by Gasteiger charge is -2.25. The molecular weight excluding hydrogens is 202 g/mol. The molecule has 1 rings (SSSR count). The number of alkyl halides is 1. The van der Waals surface area contributed by atoms with E-state index >= 15 is 0 Å². The summed E-state index contributed by atoms with van der Waals surface area (Å²) >= 11 is 5.93. The number of nitrogens with zero attached hydrogens (tertiary/aromatic N) is 1. The second kappa shape index (κ2) is 5.56. The van der Waals surface area contributed by atoms with Crippen molar-refractivity contribution in [2.45, 2.75) is 37.6 Å². The molecule has 0 saturated carbocycles. The van der Waals surface area contributed by atoms with Crippen LogP contribution in [0.5, 0.6) is 0 Å². The number of likely N-dealkylation sites (tertiary alicyclic amines) is 1. The lowest BCUT2D eigenvalue weighted by molar-refractivity contribution is -0.132. The van der Waals surface area contributed by atoms with Gasteiger partial charge in [-0.1, -0.05) is 6.92 Å². The number of amides is 1. The summed E-state index contributed by atoms with van der Waals surface area (Å²) in [6.45, 7) is 3.38. The Kier molecular flexibility index (Phi) is 4.69. The number of hydrogen-bond acceptors (Lipinski definition) is 2. The van der Waals surface area contributed by atoms with Crippen molar-refractivity contribution in [3.63, 3.8) is 0 Å². The second-order valence-electron chi connectivity index (χ2n) is 3.66. The summed E-state index contributed by atoms with van der Waals surface area (Å²) in [5.41, 5.74) is 0. The van der Waals surface area contributed by atoms with Crippen LogP contribution >= 0.6 is 11.6 Å². The lowest BCUT2D eigenvalue weighted by atomic mass is 10.2. The molecule has 1 aliphatic rings. The molecule has 0 aromatic rings. The van der Waals surface area contributed by atoms with E-state index < -0.39 is 0 Å².